The summed E-state index contributed by atoms with van der Waals surface area (Å²) in [6, 6.07) is 17.4. The summed E-state index contributed by atoms with van der Waals surface area (Å²) in [5.41, 5.74) is 8.89. The number of carbonyl (C=O) groups excluding carboxylic acids is 1. The van der Waals surface area contributed by atoms with Crippen LogP contribution in [-0.4, -0.2) is 23.5 Å². The number of rotatable bonds is 5. The maximum absolute atomic E-state index is 10.7. The first-order valence-corrected chi connectivity index (χ1v) is 9.49. The number of hydrogen-bond acceptors (Lipinski definition) is 4. The molecule has 3 rings (SSSR count). The quantitative estimate of drug-likeness (QED) is 0.384. The third-order valence-corrected chi connectivity index (χ3v) is 4.80. The van der Waals surface area contributed by atoms with Crippen LogP contribution in [0.15, 0.2) is 59.6 Å². The first-order valence-electron chi connectivity index (χ1n) is 9.49. The SMILES string of the molecule is CC(Oc1cccc(-c2cc(N=C(N)NC=O)c3ccccc3n2)c1)C(C)(C)C. The van der Waals surface area contributed by atoms with Crippen molar-refractivity contribution in [2.45, 2.75) is 33.8 Å². The molecule has 3 N–H and O–H groups in total. The predicted octanol–water partition coefficient (Wildman–Crippen LogP) is 4.41. The molecule has 0 saturated heterocycles. The predicted molar refractivity (Wildman–Crippen MR) is 117 cm³/mol. The highest BCUT2D eigenvalue weighted by Gasteiger charge is 2.21. The Kier molecular flexibility index (Phi) is 5.82. The Morgan fingerprint density at radius 3 is 2.66 bits per heavy atom. The van der Waals surface area contributed by atoms with E-state index in [1.165, 1.54) is 0 Å². The van der Waals surface area contributed by atoms with Crippen LogP contribution in [0.2, 0.25) is 0 Å². The van der Waals surface area contributed by atoms with Crippen molar-refractivity contribution < 1.29 is 9.53 Å². The monoisotopic (exact) mass is 390 g/mol. The van der Waals surface area contributed by atoms with Crippen LogP contribution in [0.1, 0.15) is 27.7 Å². The first-order chi connectivity index (χ1) is 13.8. The molecule has 0 radical (unpaired) electrons. The topological polar surface area (TPSA) is 89.6 Å². The van der Waals surface area contributed by atoms with Crippen LogP contribution >= 0.6 is 0 Å². The van der Waals surface area contributed by atoms with E-state index in [-0.39, 0.29) is 17.5 Å². The van der Waals surface area contributed by atoms with Crippen LogP contribution in [0.5, 0.6) is 5.75 Å². The number of fused-ring (bicyclic) bond motifs is 1. The number of aliphatic imine (C=N–C) groups is 1. The fourth-order valence-electron chi connectivity index (χ4n) is 2.73. The van der Waals surface area contributed by atoms with Crippen molar-refractivity contribution in [1.82, 2.24) is 10.3 Å². The molecular formula is C23H26N4O2. The van der Waals surface area contributed by atoms with Gasteiger partial charge in [0.15, 0.2) is 5.96 Å². The average Bonchev–Trinajstić information content (AvgIpc) is 2.67. The molecule has 2 aromatic carbocycles. The fraction of sp³-hybridized carbons (Fsp3) is 0.261. The number of para-hydroxylation sites is 1. The van der Waals surface area contributed by atoms with Gasteiger partial charge in [0.2, 0.25) is 6.41 Å². The summed E-state index contributed by atoms with van der Waals surface area (Å²) in [4.78, 5) is 19.8. The molecule has 3 aromatic rings. The third kappa shape index (κ3) is 4.90. The minimum Gasteiger partial charge on any atom is -0.490 e. The molecule has 29 heavy (non-hydrogen) atoms. The Balaban J connectivity index is 2.05. The highest BCUT2D eigenvalue weighted by atomic mass is 16.5. The fourth-order valence-corrected chi connectivity index (χ4v) is 2.73. The first kappa shape index (κ1) is 20.3. The Morgan fingerprint density at radius 1 is 1.17 bits per heavy atom. The minimum atomic E-state index is 0.0263. The van der Waals surface area contributed by atoms with E-state index in [1.807, 2.05) is 54.6 Å². The molecular weight excluding hydrogens is 364 g/mol. The molecule has 6 nitrogen and oxygen atoms in total. The van der Waals surface area contributed by atoms with E-state index < -0.39 is 0 Å². The van der Waals surface area contributed by atoms with Gasteiger partial charge < -0.3 is 10.5 Å². The van der Waals surface area contributed by atoms with Gasteiger partial charge in [0, 0.05) is 10.9 Å². The standard InChI is InChI=1S/C23H26N4O2/c1-15(23(2,3)4)29-17-9-7-8-16(12-17)20-13-21(27-22(24)25-14-28)18-10-5-6-11-19(18)26-20/h5-15H,1-4H3,(H3,24,25,26,27,28). The molecule has 0 fully saturated rings. The van der Waals surface area contributed by atoms with Gasteiger partial charge in [-0.1, -0.05) is 51.1 Å². The molecule has 0 aliphatic rings. The Bertz CT molecular complexity index is 1050. The number of nitrogens with two attached hydrogens (primary N) is 1. The van der Waals surface area contributed by atoms with Crippen LogP contribution in [0, 0.1) is 5.41 Å². The lowest BCUT2D eigenvalue weighted by Gasteiger charge is -2.28. The highest BCUT2D eigenvalue weighted by Crippen LogP contribution is 2.32. The molecule has 150 valence electrons. The number of ether oxygens (including phenoxy) is 1. The lowest BCUT2D eigenvalue weighted by atomic mass is 9.90. The van der Waals surface area contributed by atoms with Crippen molar-refractivity contribution in [1.29, 1.82) is 0 Å². The summed E-state index contributed by atoms with van der Waals surface area (Å²) in [6.45, 7) is 8.51. The second kappa shape index (κ2) is 8.31. The van der Waals surface area contributed by atoms with Gasteiger partial charge in [-0.25, -0.2) is 9.98 Å². The van der Waals surface area contributed by atoms with Gasteiger partial charge in [-0.05, 0) is 36.6 Å². The highest BCUT2D eigenvalue weighted by molar-refractivity contribution is 5.97. The van der Waals surface area contributed by atoms with Crippen molar-refractivity contribution in [2.75, 3.05) is 0 Å². The number of pyridine rings is 1. The number of benzene rings is 2. The van der Waals surface area contributed by atoms with Crippen LogP contribution < -0.4 is 15.8 Å². The Labute approximate surface area is 170 Å². The Hall–Kier alpha value is -3.41. The van der Waals surface area contributed by atoms with Gasteiger partial charge in [0.1, 0.15) is 11.9 Å². The summed E-state index contributed by atoms with van der Waals surface area (Å²) in [5, 5.41) is 3.22. The van der Waals surface area contributed by atoms with Crippen molar-refractivity contribution in [3.63, 3.8) is 0 Å². The van der Waals surface area contributed by atoms with E-state index in [0.29, 0.717) is 12.1 Å². The number of guanidine groups is 1. The number of carbonyl (C=O) groups is 1. The second-order valence-corrected chi connectivity index (χ2v) is 7.96. The number of aromatic nitrogens is 1. The van der Waals surface area contributed by atoms with Crippen molar-refractivity contribution in [2.24, 2.45) is 16.1 Å². The van der Waals surface area contributed by atoms with Crippen molar-refractivity contribution >= 4 is 29.0 Å². The zero-order valence-corrected chi connectivity index (χ0v) is 17.1. The zero-order chi connectivity index (χ0) is 21.0. The van der Waals surface area contributed by atoms with Gasteiger partial charge >= 0.3 is 0 Å². The third-order valence-electron chi connectivity index (χ3n) is 4.80. The van der Waals surface area contributed by atoms with E-state index >= 15 is 0 Å². The second-order valence-electron chi connectivity index (χ2n) is 7.96. The van der Waals surface area contributed by atoms with Crippen LogP contribution in [0.25, 0.3) is 22.2 Å². The summed E-state index contributed by atoms with van der Waals surface area (Å²) in [6.07, 6.45) is 0.553. The van der Waals surface area contributed by atoms with Crippen LogP contribution in [0.3, 0.4) is 0 Å². The molecule has 1 atom stereocenters. The molecule has 1 heterocycles. The molecule has 6 heteroatoms. The van der Waals surface area contributed by atoms with E-state index in [4.69, 9.17) is 15.5 Å². The molecule has 0 saturated carbocycles. The summed E-state index contributed by atoms with van der Waals surface area (Å²) in [7, 11) is 0. The normalized spacial score (nSPS) is 13.2. The average molecular weight is 390 g/mol. The summed E-state index contributed by atoms with van der Waals surface area (Å²) in [5.74, 6) is 0.811. The van der Waals surface area contributed by atoms with Gasteiger partial charge in [0.05, 0.1) is 16.9 Å². The van der Waals surface area contributed by atoms with Crippen molar-refractivity contribution in [3.05, 3.63) is 54.6 Å². The molecule has 1 aromatic heterocycles. The largest absolute Gasteiger partial charge is 0.490 e. The molecule has 0 aliphatic carbocycles. The number of nitrogens with one attached hydrogen (secondary N) is 1. The van der Waals surface area contributed by atoms with Gasteiger partial charge in [0.25, 0.3) is 0 Å². The number of amides is 1. The Morgan fingerprint density at radius 2 is 1.93 bits per heavy atom. The maximum Gasteiger partial charge on any atom is 0.213 e. The zero-order valence-electron chi connectivity index (χ0n) is 17.1. The van der Waals surface area contributed by atoms with E-state index in [1.54, 1.807) is 0 Å². The smallest absolute Gasteiger partial charge is 0.213 e. The van der Waals surface area contributed by atoms with Crippen LogP contribution in [-0.2, 0) is 4.79 Å². The molecule has 0 spiro atoms. The number of hydrogen-bond donors (Lipinski definition) is 2. The minimum absolute atomic E-state index is 0.0263. The van der Waals surface area contributed by atoms with Gasteiger partial charge in [-0.15, -0.1) is 0 Å². The summed E-state index contributed by atoms with van der Waals surface area (Å²) < 4.78 is 6.13. The van der Waals surface area contributed by atoms with E-state index in [9.17, 15) is 4.79 Å². The van der Waals surface area contributed by atoms with Crippen LogP contribution in [0.4, 0.5) is 5.69 Å². The maximum atomic E-state index is 10.7. The lowest BCUT2D eigenvalue weighted by Crippen LogP contribution is -2.29. The lowest BCUT2D eigenvalue weighted by molar-refractivity contribution is -0.108. The summed E-state index contributed by atoms with van der Waals surface area (Å²) >= 11 is 0. The molecule has 1 unspecified atom stereocenters. The van der Waals surface area contributed by atoms with Crippen molar-refractivity contribution in [3.8, 4) is 17.0 Å². The van der Waals surface area contributed by atoms with Gasteiger partial charge in [-0.3, -0.25) is 10.1 Å². The molecule has 0 bridgehead atoms. The van der Waals surface area contributed by atoms with E-state index in [0.717, 1.165) is 27.9 Å². The molecule has 0 aliphatic heterocycles. The molecule has 1 amide bonds. The van der Waals surface area contributed by atoms with E-state index in [2.05, 4.69) is 38.0 Å². The van der Waals surface area contributed by atoms with Gasteiger partial charge in [-0.2, -0.15) is 0 Å². The number of nitrogens with zero attached hydrogens (tertiary/aromatic N) is 2.